The lowest BCUT2D eigenvalue weighted by Crippen LogP contribution is -2.39. The van der Waals surface area contributed by atoms with E-state index >= 15 is 0 Å². The molecule has 2 bridgehead atoms. The highest BCUT2D eigenvalue weighted by molar-refractivity contribution is 6.03. The molecule has 124 valence electrons. The molecule has 1 aromatic rings. The Morgan fingerprint density at radius 2 is 1.87 bits per heavy atom. The van der Waals surface area contributed by atoms with Gasteiger partial charge < -0.3 is 16.0 Å². The fourth-order valence-electron chi connectivity index (χ4n) is 3.85. The largest absolute Gasteiger partial charge is 0.352 e. The minimum atomic E-state index is -0.150. The molecule has 2 saturated heterocycles. The van der Waals surface area contributed by atoms with Crippen LogP contribution in [0.5, 0.6) is 0 Å². The fourth-order valence-corrected chi connectivity index (χ4v) is 3.85. The van der Waals surface area contributed by atoms with Gasteiger partial charge in [0, 0.05) is 25.0 Å². The molecule has 2 amide bonds. The van der Waals surface area contributed by atoms with Gasteiger partial charge in [0.1, 0.15) is 0 Å². The highest BCUT2D eigenvalue weighted by Gasteiger charge is 2.34. The second-order valence-corrected chi connectivity index (χ2v) is 6.63. The van der Waals surface area contributed by atoms with Gasteiger partial charge in [-0.05, 0) is 50.7 Å². The van der Waals surface area contributed by atoms with E-state index in [1.807, 2.05) is 19.1 Å². The number of amides is 2. The smallest absolute Gasteiger partial charge is 0.253 e. The van der Waals surface area contributed by atoms with Gasteiger partial charge in [-0.15, -0.1) is 0 Å². The van der Waals surface area contributed by atoms with Gasteiger partial charge in [-0.25, -0.2) is 0 Å². The van der Waals surface area contributed by atoms with Gasteiger partial charge in [0.15, 0.2) is 0 Å². The van der Waals surface area contributed by atoms with E-state index < -0.39 is 0 Å². The summed E-state index contributed by atoms with van der Waals surface area (Å²) >= 11 is 0. The lowest BCUT2D eigenvalue weighted by molar-refractivity contribution is -0.117. The van der Waals surface area contributed by atoms with E-state index in [0.29, 0.717) is 42.2 Å². The van der Waals surface area contributed by atoms with Gasteiger partial charge >= 0.3 is 0 Å². The van der Waals surface area contributed by atoms with Crippen LogP contribution in [0.4, 0.5) is 5.69 Å². The van der Waals surface area contributed by atoms with Crippen LogP contribution in [0.3, 0.4) is 0 Å². The van der Waals surface area contributed by atoms with Gasteiger partial charge in [-0.1, -0.05) is 12.1 Å². The van der Waals surface area contributed by atoms with E-state index in [4.69, 9.17) is 0 Å². The molecule has 1 aromatic carbocycles. The summed E-state index contributed by atoms with van der Waals surface area (Å²) in [7, 11) is 0. The standard InChI is InChI=1S/C18H25N3O2/c1-2-19-18(23)15-5-3-4-6-16(15)21-17(22)11-12-9-13-7-8-14(10-12)20-13/h3-6,12-14,20H,2,7-11H2,1H3,(H,19,23)(H,21,22). The van der Waals surface area contributed by atoms with Gasteiger partial charge in [0.05, 0.1) is 11.3 Å². The average Bonchev–Trinajstić information content (AvgIpc) is 2.86. The molecule has 5 nitrogen and oxygen atoms in total. The molecule has 23 heavy (non-hydrogen) atoms. The van der Waals surface area contributed by atoms with Crippen LogP contribution in [0.2, 0.25) is 0 Å². The molecule has 5 heteroatoms. The molecule has 3 rings (SSSR count). The molecule has 2 atom stereocenters. The van der Waals surface area contributed by atoms with Crippen molar-refractivity contribution < 1.29 is 9.59 Å². The van der Waals surface area contributed by atoms with Crippen molar-refractivity contribution in [3.8, 4) is 0 Å². The first kappa shape index (κ1) is 16.0. The minimum absolute atomic E-state index is 0.00745. The molecule has 0 saturated carbocycles. The number of piperidine rings is 1. The Bertz CT molecular complexity index is 575. The topological polar surface area (TPSA) is 70.2 Å². The van der Waals surface area contributed by atoms with Crippen LogP contribution in [0.25, 0.3) is 0 Å². The summed E-state index contributed by atoms with van der Waals surface area (Å²) in [6, 6.07) is 8.36. The van der Waals surface area contributed by atoms with E-state index in [-0.39, 0.29) is 11.8 Å². The maximum absolute atomic E-state index is 12.4. The molecule has 0 aliphatic carbocycles. The van der Waals surface area contributed by atoms with E-state index in [0.717, 1.165) is 12.8 Å². The monoisotopic (exact) mass is 315 g/mol. The molecule has 2 aliphatic rings. The third-order valence-electron chi connectivity index (χ3n) is 4.83. The first-order valence-corrected chi connectivity index (χ1v) is 8.58. The molecular formula is C18H25N3O2. The molecule has 2 unspecified atom stereocenters. The maximum atomic E-state index is 12.4. The maximum Gasteiger partial charge on any atom is 0.253 e. The van der Waals surface area contributed by atoms with Gasteiger partial charge in [0.25, 0.3) is 5.91 Å². The van der Waals surface area contributed by atoms with E-state index in [1.165, 1.54) is 12.8 Å². The molecule has 3 N–H and O–H groups in total. The lowest BCUT2D eigenvalue weighted by Gasteiger charge is -2.28. The molecule has 0 aromatic heterocycles. The van der Waals surface area contributed by atoms with Crippen molar-refractivity contribution in [2.45, 2.75) is 51.1 Å². The third kappa shape index (κ3) is 3.91. The number of para-hydroxylation sites is 1. The van der Waals surface area contributed by atoms with E-state index in [1.54, 1.807) is 12.1 Å². The molecular weight excluding hydrogens is 290 g/mol. The highest BCUT2D eigenvalue weighted by Crippen LogP contribution is 2.32. The zero-order valence-corrected chi connectivity index (χ0v) is 13.6. The molecule has 0 radical (unpaired) electrons. The van der Waals surface area contributed by atoms with Crippen LogP contribution >= 0.6 is 0 Å². The van der Waals surface area contributed by atoms with Crippen LogP contribution < -0.4 is 16.0 Å². The normalized spacial score (nSPS) is 25.9. The molecule has 2 aliphatic heterocycles. The number of fused-ring (bicyclic) bond motifs is 2. The average molecular weight is 315 g/mol. The fraction of sp³-hybridized carbons (Fsp3) is 0.556. The third-order valence-corrected chi connectivity index (χ3v) is 4.83. The van der Waals surface area contributed by atoms with Crippen LogP contribution in [-0.2, 0) is 4.79 Å². The predicted molar refractivity (Wildman–Crippen MR) is 90.4 cm³/mol. The number of hydrogen-bond donors (Lipinski definition) is 3. The van der Waals surface area contributed by atoms with Crippen LogP contribution in [0, 0.1) is 5.92 Å². The Balaban J connectivity index is 1.60. The second-order valence-electron chi connectivity index (χ2n) is 6.63. The Morgan fingerprint density at radius 1 is 1.17 bits per heavy atom. The number of hydrogen-bond acceptors (Lipinski definition) is 3. The zero-order chi connectivity index (χ0) is 16.2. The van der Waals surface area contributed by atoms with Crippen molar-refractivity contribution in [3.63, 3.8) is 0 Å². The van der Waals surface area contributed by atoms with Gasteiger partial charge in [0.2, 0.25) is 5.91 Å². The summed E-state index contributed by atoms with van der Waals surface area (Å²) in [6.07, 6.45) is 5.19. The Labute approximate surface area is 137 Å². The van der Waals surface area contributed by atoms with E-state index in [2.05, 4.69) is 16.0 Å². The Morgan fingerprint density at radius 3 is 2.57 bits per heavy atom. The van der Waals surface area contributed by atoms with Crippen LogP contribution in [0.15, 0.2) is 24.3 Å². The zero-order valence-electron chi connectivity index (χ0n) is 13.6. The van der Waals surface area contributed by atoms with Crippen molar-refractivity contribution in [2.75, 3.05) is 11.9 Å². The van der Waals surface area contributed by atoms with Crippen LogP contribution in [0.1, 0.15) is 49.4 Å². The van der Waals surface area contributed by atoms with E-state index in [9.17, 15) is 9.59 Å². The number of carbonyl (C=O) groups excluding carboxylic acids is 2. The van der Waals surface area contributed by atoms with Crippen molar-refractivity contribution in [3.05, 3.63) is 29.8 Å². The number of anilines is 1. The second kappa shape index (κ2) is 7.13. The number of nitrogens with one attached hydrogen (secondary N) is 3. The number of benzene rings is 1. The predicted octanol–water partition coefficient (Wildman–Crippen LogP) is 2.30. The highest BCUT2D eigenvalue weighted by atomic mass is 16.2. The summed E-state index contributed by atoms with van der Waals surface area (Å²) in [4.78, 5) is 24.4. The van der Waals surface area contributed by atoms with Crippen molar-refractivity contribution in [1.82, 2.24) is 10.6 Å². The summed E-state index contributed by atoms with van der Waals surface area (Å²) in [6.45, 7) is 2.45. The van der Waals surface area contributed by atoms with Crippen molar-refractivity contribution >= 4 is 17.5 Å². The van der Waals surface area contributed by atoms with Gasteiger partial charge in [-0.2, -0.15) is 0 Å². The van der Waals surface area contributed by atoms with Crippen molar-refractivity contribution in [1.29, 1.82) is 0 Å². The first-order valence-electron chi connectivity index (χ1n) is 8.58. The quantitative estimate of drug-likeness (QED) is 0.781. The first-order chi connectivity index (χ1) is 11.2. The van der Waals surface area contributed by atoms with Crippen LogP contribution in [-0.4, -0.2) is 30.4 Å². The minimum Gasteiger partial charge on any atom is -0.352 e. The number of rotatable bonds is 5. The summed E-state index contributed by atoms with van der Waals surface area (Å²) in [5.74, 6) is 0.307. The van der Waals surface area contributed by atoms with Gasteiger partial charge in [-0.3, -0.25) is 9.59 Å². The lowest BCUT2D eigenvalue weighted by atomic mass is 9.89. The molecule has 2 heterocycles. The Kier molecular flexibility index (Phi) is 4.96. The SMILES string of the molecule is CCNC(=O)c1ccccc1NC(=O)CC1CC2CCC(C1)N2. The van der Waals surface area contributed by atoms with Crippen molar-refractivity contribution in [2.24, 2.45) is 5.92 Å². The Hall–Kier alpha value is -1.88. The summed E-state index contributed by atoms with van der Waals surface area (Å²) in [5.41, 5.74) is 1.12. The summed E-state index contributed by atoms with van der Waals surface area (Å²) < 4.78 is 0. The molecule has 2 fully saturated rings. The molecule has 0 spiro atoms. The number of carbonyl (C=O) groups is 2. The summed E-state index contributed by atoms with van der Waals surface area (Å²) in [5, 5.41) is 9.30.